The lowest BCUT2D eigenvalue weighted by atomic mass is 10.1. The van der Waals surface area contributed by atoms with Crippen LogP contribution in [0.4, 0.5) is 0 Å². The number of aliphatic hydroxyl groups is 1. The Balaban J connectivity index is 2.45. The van der Waals surface area contributed by atoms with Gasteiger partial charge in [0.15, 0.2) is 0 Å². The smallest absolute Gasteiger partial charge is 0.115 e. The quantitative estimate of drug-likeness (QED) is 0.783. The summed E-state index contributed by atoms with van der Waals surface area (Å²) in [4.78, 5) is 0.986. The zero-order chi connectivity index (χ0) is 11.7. The lowest BCUT2D eigenvalue weighted by Crippen LogP contribution is -2.01. The molecule has 0 fully saturated rings. The third-order valence-electron chi connectivity index (χ3n) is 2.40. The molecule has 4 heteroatoms. The molecular formula is C12H10ClIOS. The SMILES string of the molecule is Cc1ccsc1C(O)c1cc(Cl)ccc1I. The number of aliphatic hydroxyl groups excluding tert-OH is 1. The number of hydrogen-bond acceptors (Lipinski definition) is 2. The highest BCUT2D eigenvalue weighted by atomic mass is 127. The maximum atomic E-state index is 10.3. The molecule has 0 saturated heterocycles. The minimum Gasteiger partial charge on any atom is -0.383 e. The van der Waals surface area contributed by atoms with Crippen LogP contribution in [0.5, 0.6) is 0 Å². The van der Waals surface area contributed by atoms with E-state index in [2.05, 4.69) is 22.6 Å². The van der Waals surface area contributed by atoms with Crippen LogP contribution in [-0.2, 0) is 0 Å². The Morgan fingerprint density at radius 1 is 1.38 bits per heavy atom. The maximum absolute atomic E-state index is 10.3. The Hall–Kier alpha value is -0.100. The van der Waals surface area contributed by atoms with Crippen LogP contribution >= 0.6 is 45.5 Å². The summed E-state index contributed by atoms with van der Waals surface area (Å²) in [7, 11) is 0. The molecule has 1 heterocycles. The molecule has 1 nitrogen and oxygen atoms in total. The van der Waals surface area contributed by atoms with Gasteiger partial charge in [0.25, 0.3) is 0 Å². The van der Waals surface area contributed by atoms with Crippen LogP contribution in [0, 0.1) is 10.5 Å². The molecule has 1 N–H and O–H groups in total. The second-order valence-corrected chi connectivity index (χ2v) is 6.08. The van der Waals surface area contributed by atoms with Crippen LogP contribution in [0.25, 0.3) is 0 Å². The Morgan fingerprint density at radius 3 is 2.75 bits per heavy atom. The normalized spacial score (nSPS) is 12.8. The first-order valence-corrected chi connectivity index (χ1v) is 7.10. The van der Waals surface area contributed by atoms with E-state index in [1.165, 1.54) is 0 Å². The van der Waals surface area contributed by atoms with Gasteiger partial charge in [-0.15, -0.1) is 11.3 Å². The standard InChI is InChI=1S/C12H10ClIOS/c1-7-4-5-16-12(7)11(15)9-6-8(13)2-3-10(9)14/h2-6,11,15H,1H3. The van der Waals surface area contributed by atoms with Crippen molar-refractivity contribution in [1.29, 1.82) is 0 Å². The molecule has 0 aliphatic carbocycles. The van der Waals surface area contributed by atoms with Gasteiger partial charge in [-0.05, 0) is 64.7 Å². The molecule has 0 saturated carbocycles. The molecule has 0 bridgehead atoms. The molecule has 2 rings (SSSR count). The predicted octanol–water partition coefficient (Wildman–Crippen LogP) is 4.40. The summed E-state index contributed by atoms with van der Waals surface area (Å²) in [6, 6.07) is 7.60. The van der Waals surface area contributed by atoms with Gasteiger partial charge in [-0.25, -0.2) is 0 Å². The summed E-state index contributed by atoms with van der Waals surface area (Å²) < 4.78 is 1.03. The van der Waals surface area contributed by atoms with E-state index in [1.54, 1.807) is 11.3 Å². The van der Waals surface area contributed by atoms with Crippen molar-refractivity contribution in [2.24, 2.45) is 0 Å². The van der Waals surface area contributed by atoms with Crippen LogP contribution in [0.15, 0.2) is 29.6 Å². The van der Waals surface area contributed by atoms with E-state index >= 15 is 0 Å². The third kappa shape index (κ3) is 2.42. The van der Waals surface area contributed by atoms with Crippen molar-refractivity contribution < 1.29 is 5.11 Å². The Labute approximate surface area is 117 Å². The van der Waals surface area contributed by atoms with E-state index in [0.29, 0.717) is 5.02 Å². The number of aryl methyl sites for hydroxylation is 1. The molecule has 0 radical (unpaired) electrons. The minimum atomic E-state index is -0.578. The van der Waals surface area contributed by atoms with Crippen molar-refractivity contribution in [3.05, 3.63) is 54.2 Å². The lowest BCUT2D eigenvalue weighted by Gasteiger charge is -2.12. The lowest BCUT2D eigenvalue weighted by molar-refractivity contribution is 0.222. The van der Waals surface area contributed by atoms with E-state index < -0.39 is 6.10 Å². The average Bonchev–Trinajstić information content (AvgIpc) is 2.67. The zero-order valence-electron chi connectivity index (χ0n) is 8.58. The fourth-order valence-corrected chi connectivity index (χ4v) is 3.27. The largest absolute Gasteiger partial charge is 0.383 e. The molecule has 1 atom stereocenters. The Bertz CT molecular complexity index is 509. The third-order valence-corrected chi connectivity index (χ3v) is 4.69. The van der Waals surface area contributed by atoms with Gasteiger partial charge in [0.2, 0.25) is 0 Å². The van der Waals surface area contributed by atoms with Crippen LogP contribution in [0.3, 0.4) is 0 Å². The molecule has 84 valence electrons. The first-order valence-electron chi connectivity index (χ1n) is 4.76. The van der Waals surface area contributed by atoms with E-state index in [1.807, 2.05) is 36.6 Å². The topological polar surface area (TPSA) is 20.2 Å². The molecule has 0 aliphatic heterocycles. The first kappa shape index (κ1) is 12.4. The van der Waals surface area contributed by atoms with Crippen molar-refractivity contribution >= 4 is 45.5 Å². The number of thiophene rings is 1. The van der Waals surface area contributed by atoms with Crippen LogP contribution in [-0.4, -0.2) is 5.11 Å². The van der Waals surface area contributed by atoms with Crippen molar-refractivity contribution in [3.8, 4) is 0 Å². The van der Waals surface area contributed by atoms with E-state index in [-0.39, 0.29) is 0 Å². The molecule has 1 aromatic heterocycles. The number of benzene rings is 1. The summed E-state index contributed by atoms with van der Waals surface area (Å²) in [5.41, 5.74) is 1.99. The predicted molar refractivity (Wildman–Crippen MR) is 77.3 cm³/mol. The van der Waals surface area contributed by atoms with Gasteiger partial charge in [-0.3, -0.25) is 0 Å². The molecular weight excluding hydrogens is 355 g/mol. The molecule has 16 heavy (non-hydrogen) atoms. The van der Waals surface area contributed by atoms with Crippen molar-refractivity contribution in [1.82, 2.24) is 0 Å². The summed E-state index contributed by atoms with van der Waals surface area (Å²) in [5.74, 6) is 0. The highest BCUT2D eigenvalue weighted by molar-refractivity contribution is 14.1. The fraction of sp³-hybridized carbons (Fsp3) is 0.167. The fourth-order valence-electron chi connectivity index (χ4n) is 1.53. The van der Waals surface area contributed by atoms with E-state index in [4.69, 9.17) is 11.6 Å². The highest BCUT2D eigenvalue weighted by Gasteiger charge is 2.17. The Kier molecular flexibility index (Phi) is 3.89. The summed E-state index contributed by atoms with van der Waals surface area (Å²) in [6.07, 6.45) is -0.578. The van der Waals surface area contributed by atoms with Crippen molar-refractivity contribution in [2.75, 3.05) is 0 Å². The van der Waals surface area contributed by atoms with E-state index in [9.17, 15) is 5.11 Å². The Morgan fingerprint density at radius 2 is 2.12 bits per heavy atom. The van der Waals surface area contributed by atoms with Crippen molar-refractivity contribution in [2.45, 2.75) is 13.0 Å². The number of halogens is 2. The van der Waals surface area contributed by atoms with Gasteiger partial charge in [-0.2, -0.15) is 0 Å². The monoisotopic (exact) mass is 364 g/mol. The van der Waals surface area contributed by atoms with Crippen LogP contribution < -0.4 is 0 Å². The highest BCUT2D eigenvalue weighted by Crippen LogP contribution is 2.32. The van der Waals surface area contributed by atoms with Crippen LogP contribution in [0.1, 0.15) is 22.1 Å². The number of hydrogen-bond donors (Lipinski definition) is 1. The van der Waals surface area contributed by atoms with Gasteiger partial charge in [0, 0.05) is 19.0 Å². The molecule has 2 aromatic rings. The second kappa shape index (κ2) is 5.04. The minimum absolute atomic E-state index is 0.578. The first-order chi connectivity index (χ1) is 7.59. The second-order valence-electron chi connectivity index (χ2n) is 3.54. The summed E-state index contributed by atoms with van der Waals surface area (Å²) in [6.45, 7) is 2.01. The summed E-state index contributed by atoms with van der Waals surface area (Å²) >= 11 is 9.74. The molecule has 0 amide bonds. The maximum Gasteiger partial charge on any atom is 0.115 e. The summed E-state index contributed by atoms with van der Waals surface area (Å²) in [5, 5.41) is 13.0. The van der Waals surface area contributed by atoms with Gasteiger partial charge >= 0.3 is 0 Å². The van der Waals surface area contributed by atoms with Gasteiger partial charge in [0.05, 0.1) is 0 Å². The van der Waals surface area contributed by atoms with Crippen LogP contribution in [0.2, 0.25) is 5.02 Å². The van der Waals surface area contributed by atoms with Gasteiger partial charge in [0.1, 0.15) is 6.10 Å². The van der Waals surface area contributed by atoms with Gasteiger partial charge in [-0.1, -0.05) is 11.6 Å². The van der Waals surface area contributed by atoms with Gasteiger partial charge < -0.3 is 5.11 Å². The molecule has 0 aliphatic rings. The zero-order valence-corrected chi connectivity index (χ0v) is 12.3. The average molecular weight is 365 g/mol. The molecule has 1 unspecified atom stereocenters. The molecule has 1 aromatic carbocycles. The van der Waals surface area contributed by atoms with Crippen molar-refractivity contribution in [3.63, 3.8) is 0 Å². The number of rotatable bonds is 2. The van der Waals surface area contributed by atoms with E-state index in [0.717, 1.165) is 19.6 Å². The molecule has 0 spiro atoms.